The highest BCUT2D eigenvalue weighted by Crippen LogP contribution is 1.85. The van der Waals surface area contributed by atoms with Crippen molar-refractivity contribution >= 4 is 17.9 Å². The molecule has 0 aliphatic carbocycles. The summed E-state index contributed by atoms with van der Waals surface area (Å²) in [7, 11) is 1.51. The summed E-state index contributed by atoms with van der Waals surface area (Å²) in [5.74, 6) is -3.27. The molecule has 0 radical (unpaired) electrons. The molecule has 13 heavy (non-hydrogen) atoms. The van der Waals surface area contributed by atoms with E-state index in [4.69, 9.17) is 0 Å². The van der Waals surface area contributed by atoms with Crippen molar-refractivity contribution in [1.82, 2.24) is 5.32 Å². The van der Waals surface area contributed by atoms with E-state index in [1.807, 2.05) is 0 Å². The molecule has 6 heteroatoms. The van der Waals surface area contributed by atoms with E-state index in [0.717, 1.165) is 0 Å². The van der Waals surface area contributed by atoms with Gasteiger partial charge in [0.15, 0.2) is 0 Å². The van der Waals surface area contributed by atoms with Gasteiger partial charge in [0, 0.05) is 0 Å². The third-order valence-corrected chi connectivity index (χ3v) is 0.970. The molecule has 0 fully saturated rings. The minimum Gasteiger partial charge on any atom is -0.458 e. The first-order valence-electron chi connectivity index (χ1n) is 3.68. The summed E-state index contributed by atoms with van der Waals surface area (Å²) >= 11 is 0. The summed E-state index contributed by atoms with van der Waals surface area (Å²) in [4.78, 5) is 31.9. The number of rotatable bonds is 3. The van der Waals surface area contributed by atoms with Crippen LogP contribution < -0.4 is 5.32 Å². The molecule has 0 aromatic rings. The second-order valence-electron chi connectivity index (χ2n) is 2.01. The third kappa shape index (κ3) is 4.91. The van der Waals surface area contributed by atoms with Gasteiger partial charge in [-0.1, -0.05) is 0 Å². The number of nitrogens with one attached hydrogen (secondary N) is 1. The van der Waals surface area contributed by atoms with Gasteiger partial charge in [0.1, 0.15) is 0 Å². The lowest BCUT2D eigenvalue weighted by Gasteiger charge is -2.01. The second kappa shape index (κ2) is 6.13. The average Bonchev–Trinajstić information content (AvgIpc) is 2.05. The van der Waals surface area contributed by atoms with Crippen LogP contribution in [-0.2, 0) is 23.9 Å². The quantitative estimate of drug-likeness (QED) is 0.342. The monoisotopic (exact) mass is 189 g/mol. The minimum atomic E-state index is -1.29. The molecule has 0 rings (SSSR count). The van der Waals surface area contributed by atoms with Gasteiger partial charge in [0.25, 0.3) is 0 Å². The molecular formula is C7H11NO5. The second-order valence-corrected chi connectivity index (χ2v) is 2.01. The lowest BCUT2D eigenvalue weighted by molar-refractivity contribution is -0.172. The van der Waals surface area contributed by atoms with Crippen LogP contribution in [0.4, 0.5) is 0 Å². The number of ether oxygens (including phenoxy) is 2. The third-order valence-electron chi connectivity index (χ3n) is 0.970. The Bertz CT molecular complexity index is 213. The maximum atomic E-state index is 10.7. The van der Waals surface area contributed by atoms with Crippen LogP contribution in [0, 0.1) is 0 Å². The molecule has 0 aromatic heterocycles. The summed E-state index contributed by atoms with van der Waals surface area (Å²) in [5, 5.41) is 2.46. The predicted molar refractivity (Wildman–Crippen MR) is 41.7 cm³/mol. The van der Waals surface area contributed by atoms with E-state index in [-0.39, 0.29) is 13.2 Å². The first kappa shape index (κ1) is 11.6. The molecule has 74 valence electrons. The van der Waals surface area contributed by atoms with Crippen molar-refractivity contribution in [2.24, 2.45) is 0 Å². The van der Waals surface area contributed by atoms with Gasteiger partial charge in [-0.05, 0) is 14.0 Å². The van der Waals surface area contributed by atoms with E-state index in [2.05, 4.69) is 14.8 Å². The highest BCUT2D eigenvalue weighted by atomic mass is 16.6. The highest BCUT2D eigenvalue weighted by molar-refractivity contribution is 6.31. The van der Waals surface area contributed by atoms with Crippen LogP contribution in [0.5, 0.6) is 0 Å². The molecular weight excluding hydrogens is 178 g/mol. The molecule has 0 aromatic carbocycles. The van der Waals surface area contributed by atoms with Crippen molar-refractivity contribution in [3.63, 3.8) is 0 Å². The Morgan fingerprint density at radius 1 is 1.23 bits per heavy atom. The van der Waals surface area contributed by atoms with E-state index >= 15 is 0 Å². The zero-order valence-corrected chi connectivity index (χ0v) is 7.46. The number of hydrogen-bond donors (Lipinski definition) is 1. The van der Waals surface area contributed by atoms with Gasteiger partial charge in [0.2, 0.25) is 0 Å². The Kier molecular flexibility index (Phi) is 5.45. The Morgan fingerprint density at radius 3 is 2.31 bits per heavy atom. The normalized spacial score (nSPS) is 9.08. The zero-order valence-electron chi connectivity index (χ0n) is 7.46. The molecule has 0 spiro atoms. The Balaban J connectivity index is 3.86. The molecule has 1 N–H and O–H groups in total. The number of hydrogen-bond acceptors (Lipinski definition) is 6. The van der Waals surface area contributed by atoms with E-state index in [1.165, 1.54) is 7.05 Å². The standard InChI is InChI=1S/C7H11NO5/c1-3-12-6(10)7(11)13-5(9)4-8-2/h8H,3-4H2,1-2H3. The maximum absolute atomic E-state index is 10.7. The van der Waals surface area contributed by atoms with Crippen LogP contribution in [0.15, 0.2) is 0 Å². The summed E-state index contributed by atoms with van der Waals surface area (Å²) in [5.41, 5.74) is 0. The Labute approximate surface area is 75.2 Å². The number of carbonyl (C=O) groups excluding carboxylic acids is 3. The summed E-state index contributed by atoms with van der Waals surface area (Å²) in [6.45, 7) is 1.47. The number of likely N-dealkylation sites (N-methyl/N-ethyl adjacent to an activating group) is 1. The van der Waals surface area contributed by atoms with Crippen molar-refractivity contribution in [2.45, 2.75) is 6.92 Å². The van der Waals surface area contributed by atoms with Crippen molar-refractivity contribution in [3.8, 4) is 0 Å². The Morgan fingerprint density at radius 2 is 1.85 bits per heavy atom. The van der Waals surface area contributed by atoms with Gasteiger partial charge in [-0.2, -0.15) is 0 Å². The van der Waals surface area contributed by atoms with Gasteiger partial charge in [-0.3, -0.25) is 4.79 Å². The molecule has 0 amide bonds. The maximum Gasteiger partial charge on any atom is 0.425 e. The summed E-state index contributed by atoms with van der Waals surface area (Å²) < 4.78 is 8.39. The van der Waals surface area contributed by atoms with Crippen molar-refractivity contribution in [3.05, 3.63) is 0 Å². The fraction of sp³-hybridized carbons (Fsp3) is 0.571. The average molecular weight is 189 g/mol. The van der Waals surface area contributed by atoms with E-state index < -0.39 is 17.9 Å². The van der Waals surface area contributed by atoms with Crippen molar-refractivity contribution in [2.75, 3.05) is 20.2 Å². The lowest BCUT2D eigenvalue weighted by Crippen LogP contribution is -2.28. The molecule has 6 nitrogen and oxygen atoms in total. The van der Waals surface area contributed by atoms with E-state index in [0.29, 0.717) is 0 Å². The highest BCUT2D eigenvalue weighted by Gasteiger charge is 2.19. The fourth-order valence-electron chi connectivity index (χ4n) is 0.515. The van der Waals surface area contributed by atoms with Crippen LogP contribution >= 0.6 is 0 Å². The molecule has 0 bridgehead atoms. The molecule has 0 unspecified atom stereocenters. The SMILES string of the molecule is CCOC(=O)C(=O)OC(=O)CNC. The first-order chi connectivity index (χ1) is 6.11. The number of carbonyl (C=O) groups is 3. The van der Waals surface area contributed by atoms with Crippen LogP contribution in [0.25, 0.3) is 0 Å². The largest absolute Gasteiger partial charge is 0.458 e. The van der Waals surface area contributed by atoms with Crippen molar-refractivity contribution < 1.29 is 23.9 Å². The smallest absolute Gasteiger partial charge is 0.425 e. The molecule has 0 aliphatic rings. The van der Waals surface area contributed by atoms with E-state index in [1.54, 1.807) is 6.92 Å². The molecule has 0 aliphatic heterocycles. The van der Waals surface area contributed by atoms with Crippen LogP contribution in [-0.4, -0.2) is 38.1 Å². The summed E-state index contributed by atoms with van der Waals surface area (Å²) in [6.07, 6.45) is 0. The molecule has 0 atom stereocenters. The fourth-order valence-corrected chi connectivity index (χ4v) is 0.515. The zero-order chi connectivity index (χ0) is 10.3. The van der Waals surface area contributed by atoms with Crippen LogP contribution in [0.1, 0.15) is 6.92 Å². The summed E-state index contributed by atoms with van der Waals surface area (Å²) in [6, 6.07) is 0. The van der Waals surface area contributed by atoms with Crippen LogP contribution in [0.2, 0.25) is 0 Å². The number of esters is 3. The molecule has 0 heterocycles. The first-order valence-corrected chi connectivity index (χ1v) is 3.68. The van der Waals surface area contributed by atoms with E-state index in [9.17, 15) is 14.4 Å². The lowest BCUT2D eigenvalue weighted by atomic mass is 10.6. The molecule has 0 saturated heterocycles. The predicted octanol–water partition coefficient (Wildman–Crippen LogP) is -1.16. The Hall–Kier alpha value is -1.43. The topological polar surface area (TPSA) is 81.7 Å². The van der Waals surface area contributed by atoms with Crippen molar-refractivity contribution in [1.29, 1.82) is 0 Å². The van der Waals surface area contributed by atoms with Crippen LogP contribution in [0.3, 0.4) is 0 Å². The van der Waals surface area contributed by atoms with Gasteiger partial charge in [0.05, 0.1) is 13.2 Å². The molecule has 0 saturated carbocycles. The van der Waals surface area contributed by atoms with Gasteiger partial charge < -0.3 is 14.8 Å². The van der Waals surface area contributed by atoms with Gasteiger partial charge in [-0.25, -0.2) is 9.59 Å². The van der Waals surface area contributed by atoms with Gasteiger partial charge >= 0.3 is 17.9 Å². The minimum absolute atomic E-state index is 0.0636. The van der Waals surface area contributed by atoms with Gasteiger partial charge in [-0.15, -0.1) is 0 Å².